The molecular formula is C26H37N5O6S2. The molecule has 2 aliphatic rings. The van der Waals surface area contributed by atoms with Gasteiger partial charge in [0.2, 0.25) is 10.0 Å². The zero-order chi connectivity index (χ0) is 28.7. The topological polar surface area (TPSA) is 139 Å². The van der Waals surface area contributed by atoms with Crippen LogP contribution in [0.15, 0.2) is 29.3 Å². The second kappa shape index (κ2) is 10.9. The Labute approximate surface area is 233 Å². The maximum absolute atomic E-state index is 13.4. The van der Waals surface area contributed by atoms with Crippen molar-refractivity contribution in [3.63, 3.8) is 0 Å². The first-order valence-electron chi connectivity index (χ1n) is 13.0. The van der Waals surface area contributed by atoms with Gasteiger partial charge in [-0.15, -0.1) is 0 Å². The van der Waals surface area contributed by atoms with Crippen molar-refractivity contribution in [2.24, 2.45) is 11.8 Å². The van der Waals surface area contributed by atoms with E-state index in [2.05, 4.69) is 25.2 Å². The van der Waals surface area contributed by atoms with E-state index in [1.54, 1.807) is 52.9 Å². The SMILES string of the molecule is CC(C)OC(=O)Nc1ccc(-c2cnc(N3CC4C(NC(=O)OC(C)C)[C@@H]4C3)s2)c(S(=O)(=O)NC(C)(C)C)c1. The van der Waals surface area contributed by atoms with Crippen molar-refractivity contribution in [3.8, 4) is 10.4 Å². The summed E-state index contributed by atoms with van der Waals surface area (Å²) in [4.78, 5) is 31.5. The van der Waals surface area contributed by atoms with Gasteiger partial charge in [0.15, 0.2) is 5.13 Å². The summed E-state index contributed by atoms with van der Waals surface area (Å²) in [5, 5.41) is 6.33. The van der Waals surface area contributed by atoms with Crippen LogP contribution in [0, 0.1) is 11.8 Å². The fourth-order valence-corrected chi connectivity index (χ4v) is 7.37. The molecule has 39 heavy (non-hydrogen) atoms. The Morgan fingerprint density at radius 1 is 1.05 bits per heavy atom. The summed E-state index contributed by atoms with van der Waals surface area (Å²) in [6.45, 7) is 13.9. The highest BCUT2D eigenvalue weighted by Gasteiger charge is 2.57. The third-order valence-corrected chi connectivity index (χ3v) is 9.04. The first-order chi connectivity index (χ1) is 18.1. The van der Waals surface area contributed by atoms with E-state index in [0.717, 1.165) is 18.2 Å². The van der Waals surface area contributed by atoms with Gasteiger partial charge in [0.05, 0.1) is 22.0 Å². The number of hydrogen-bond acceptors (Lipinski definition) is 9. The van der Waals surface area contributed by atoms with E-state index in [9.17, 15) is 18.0 Å². The van der Waals surface area contributed by atoms with E-state index in [0.29, 0.717) is 28.0 Å². The van der Waals surface area contributed by atoms with Crippen molar-refractivity contribution in [1.29, 1.82) is 0 Å². The second-order valence-corrected chi connectivity index (χ2v) is 14.2. The number of amides is 2. The highest BCUT2D eigenvalue weighted by Crippen LogP contribution is 2.48. The van der Waals surface area contributed by atoms with Crippen LogP contribution < -0.4 is 20.3 Å². The standard InChI is InChI=1S/C26H37N5O6S2/c1-14(2)36-24(32)28-16-8-9-17(21(10-16)39(34,35)30-26(5,6)7)20-11-27-23(38-20)31-12-18-19(13-31)22(18)29-25(33)37-15(3)4/h8-11,14-15,18-19,22,30H,12-13H2,1-7H3,(H,28,32)(H,29,33)/t18-,19?,22?/m1/s1. The highest BCUT2D eigenvalue weighted by molar-refractivity contribution is 7.89. The number of aromatic nitrogens is 1. The predicted molar refractivity (Wildman–Crippen MR) is 151 cm³/mol. The molecule has 0 spiro atoms. The van der Waals surface area contributed by atoms with Crippen molar-refractivity contribution in [3.05, 3.63) is 24.4 Å². The van der Waals surface area contributed by atoms with E-state index in [4.69, 9.17) is 9.47 Å². The number of hydrogen-bond donors (Lipinski definition) is 3. The van der Waals surface area contributed by atoms with Crippen LogP contribution in [-0.4, -0.2) is 62.5 Å². The zero-order valence-corrected chi connectivity index (χ0v) is 24.9. The Balaban J connectivity index is 1.53. The first kappa shape index (κ1) is 29.1. The fourth-order valence-electron chi connectivity index (χ4n) is 4.66. The molecular weight excluding hydrogens is 542 g/mol. The molecule has 1 aliphatic heterocycles. The van der Waals surface area contributed by atoms with Crippen LogP contribution in [0.4, 0.5) is 20.4 Å². The molecule has 4 rings (SSSR count). The van der Waals surface area contributed by atoms with Crippen LogP contribution in [0.3, 0.4) is 0 Å². The summed E-state index contributed by atoms with van der Waals surface area (Å²) in [5.41, 5.74) is 0.0775. The van der Waals surface area contributed by atoms with E-state index < -0.39 is 21.7 Å². The monoisotopic (exact) mass is 579 g/mol. The molecule has 1 saturated carbocycles. The molecule has 214 valence electrons. The lowest BCUT2D eigenvalue weighted by Gasteiger charge is -2.22. The molecule has 2 fully saturated rings. The number of fused-ring (bicyclic) bond motifs is 1. The molecule has 0 radical (unpaired) electrons. The lowest BCUT2D eigenvalue weighted by Crippen LogP contribution is -2.40. The summed E-state index contributed by atoms with van der Waals surface area (Å²) in [5.74, 6) is 0.667. The molecule has 11 nitrogen and oxygen atoms in total. The molecule has 1 aliphatic carbocycles. The number of piperidine rings is 1. The summed E-state index contributed by atoms with van der Waals surface area (Å²) >= 11 is 1.40. The Kier molecular flexibility index (Phi) is 8.16. The molecule has 1 aromatic carbocycles. The highest BCUT2D eigenvalue weighted by atomic mass is 32.2. The van der Waals surface area contributed by atoms with Gasteiger partial charge in [-0.3, -0.25) is 5.32 Å². The lowest BCUT2D eigenvalue weighted by atomic mass is 10.1. The Morgan fingerprint density at radius 2 is 1.67 bits per heavy atom. The van der Waals surface area contributed by atoms with Gasteiger partial charge < -0.3 is 19.7 Å². The summed E-state index contributed by atoms with van der Waals surface area (Å²) in [6, 6.07) is 4.85. The van der Waals surface area contributed by atoms with E-state index in [-0.39, 0.29) is 29.2 Å². The molecule has 2 heterocycles. The van der Waals surface area contributed by atoms with Gasteiger partial charge >= 0.3 is 12.2 Å². The maximum Gasteiger partial charge on any atom is 0.411 e. The Bertz CT molecular complexity index is 1320. The normalized spacial score (nSPS) is 20.6. The quantitative estimate of drug-likeness (QED) is 0.418. The molecule has 3 atom stereocenters. The zero-order valence-electron chi connectivity index (χ0n) is 23.3. The van der Waals surface area contributed by atoms with Gasteiger partial charge in [0.25, 0.3) is 0 Å². The molecule has 2 amide bonds. The van der Waals surface area contributed by atoms with E-state index in [1.807, 2.05) is 13.8 Å². The summed E-state index contributed by atoms with van der Waals surface area (Å²) < 4.78 is 39.9. The number of ether oxygens (including phenoxy) is 2. The second-order valence-electron chi connectivity index (χ2n) is 11.5. The third-order valence-electron chi connectivity index (χ3n) is 6.15. The fraction of sp³-hybridized carbons (Fsp3) is 0.577. The summed E-state index contributed by atoms with van der Waals surface area (Å²) in [7, 11) is -3.95. The van der Waals surface area contributed by atoms with Gasteiger partial charge in [-0.05, 0) is 60.6 Å². The van der Waals surface area contributed by atoms with Crippen LogP contribution >= 0.6 is 11.3 Å². The molecule has 2 unspecified atom stereocenters. The van der Waals surface area contributed by atoms with Crippen molar-refractivity contribution < 1.29 is 27.5 Å². The van der Waals surface area contributed by atoms with Gasteiger partial charge in [-0.2, -0.15) is 0 Å². The van der Waals surface area contributed by atoms with Gasteiger partial charge in [0.1, 0.15) is 0 Å². The Hall–Kier alpha value is -2.90. The smallest absolute Gasteiger partial charge is 0.411 e. The summed E-state index contributed by atoms with van der Waals surface area (Å²) in [6.07, 6.45) is 0.135. The molecule has 3 N–H and O–H groups in total. The van der Waals surface area contributed by atoms with Crippen LogP contribution in [0.5, 0.6) is 0 Å². The van der Waals surface area contributed by atoms with Crippen molar-refractivity contribution in [2.75, 3.05) is 23.3 Å². The van der Waals surface area contributed by atoms with Crippen LogP contribution in [-0.2, 0) is 19.5 Å². The molecule has 2 aromatic rings. The number of nitrogens with zero attached hydrogens (tertiary/aromatic N) is 2. The lowest BCUT2D eigenvalue weighted by molar-refractivity contribution is 0.114. The van der Waals surface area contributed by atoms with Crippen LogP contribution in [0.2, 0.25) is 0 Å². The van der Waals surface area contributed by atoms with Gasteiger partial charge in [0, 0.05) is 54.0 Å². The van der Waals surface area contributed by atoms with Gasteiger partial charge in [-0.1, -0.05) is 17.4 Å². The largest absolute Gasteiger partial charge is 0.447 e. The molecule has 13 heteroatoms. The minimum absolute atomic E-state index is 0.0344. The number of benzene rings is 1. The van der Waals surface area contributed by atoms with Crippen molar-refractivity contribution in [2.45, 2.75) is 77.2 Å². The minimum Gasteiger partial charge on any atom is -0.447 e. The number of alkyl carbamates (subject to hydrolysis) is 1. The predicted octanol–water partition coefficient (Wildman–Crippen LogP) is 4.41. The van der Waals surface area contributed by atoms with E-state index in [1.165, 1.54) is 17.4 Å². The minimum atomic E-state index is -3.95. The number of sulfonamides is 1. The number of nitrogens with one attached hydrogen (secondary N) is 3. The first-order valence-corrected chi connectivity index (χ1v) is 15.3. The maximum atomic E-state index is 13.4. The number of carbonyl (C=O) groups excluding carboxylic acids is 2. The average Bonchev–Trinajstić information content (AvgIpc) is 3.17. The van der Waals surface area contributed by atoms with Crippen LogP contribution in [0.1, 0.15) is 48.5 Å². The van der Waals surface area contributed by atoms with Gasteiger partial charge in [-0.25, -0.2) is 27.7 Å². The van der Waals surface area contributed by atoms with Crippen molar-refractivity contribution in [1.82, 2.24) is 15.0 Å². The number of anilines is 2. The Morgan fingerprint density at radius 3 is 2.26 bits per heavy atom. The number of carbonyl (C=O) groups is 2. The molecule has 0 bridgehead atoms. The number of thiazole rings is 1. The molecule has 1 aromatic heterocycles. The number of rotatable bonds is 8. The van der Waals surface area contributed by atoms with Crippen molar-refractivity contribution >= 4 is 44.4 Å². The third kappa shape index (κ3) is 7.20. The van der Waals surface area contributed by atoms with Crippen LogP contribution in [0.25, 0.3) is 10.4 Å². The average molecular weight is 580 g/mol. The molecule has 1 saturated heterocycles. The van der Waals surface area contributed by atoms with E-state index >= 15 is 0 Å².